The highest BCUT2D eigenvalue weighted by Gasteiger charge is 2.34. The summed E-state index contributed by atoms with van der Waals surface area (Å²) in [5.74, 6) is 0.0755. The molecule has 1 aromatic rings. The molecule has 1 saturated carbocycles. The Bertz CT molecular complexity index is 620. The molecule has 0 aliphatic heterocycles. The molecule has 0 N–H and O–H groups in total. The van der Waals surface area contributed by atoms with E-state index in [1.807, 2.05) is 12.1 Å². The molecule has 2 rings (SSSR count). The molecule has 1 aliphatic rings. The maximum Gasteiger partial charge on any atom is 0.543 e. The van der Waals surface area contributed by atoms with Gasteiger partial charge in [-0.2, -0.15) is 0 Å². The molecular formula is C20H28O6. The number of hydrogen-bond acceptors (Lipinski definition) is 6. The Morgan fingerprint density at radius 2 is 1.73 bits per heavy atom. The highest BCUT2D eigenvalue weighted by molar-refractivity contribution is 5.88. The summed E-state index contributed by atoms with van der Waals surface area (Å²) in [6.07, 6.45) is 1.38. The van der Waals surface area contributed by atoms with Crippen molar-refractivity contribution in [2.75, 3.05) is 0 Å². The van der Waals surface area contributed by atoms with Crippen LogP contribution in [0.5, 0.6) is 0 Å². The van der Waals surface area contributed by atoms with E-state index in [9.17, 15) is 9.59 Å². The first-order valence-electron chi connectivity index (χ1n) is 9.02. The second-order valence-electron chi connectivity index (χ2n) is 8.20. The van der Waals surface area contributed by atoms with Crippen molar-refractivity contribution in [3.05, 3.63) is 35.4 Å². The molecule has 1 aliphatic carbocycles. The number of ether oxygens (including phenoxy) is 1. The van der Waals surface area contributed by atoms with Gasteiger partial charge in [-0.3, -0.25) is 4.89 Å². The third-order valence-electron chi connectivity index (χ3n) is 4.63. The van der Waals surface area contributed by atoms with Crippen molar-refractivity contribution in [1.82, 2.24) is 0 Å². The molecule has 144 valence electrons. The van der Waals surface area contributed by atoms with Crippen LogP contribution in [0.25, 0.3) is 0 Å². The first-order chi connectivity index (χ1) is 12.2. The molecule has 26 heavy (non-hydrogen) atoms. The Morgan fingerprint density at radius 1 is 1.08 bits per heavy atom. The van der Waals surface area contributed by atoms with Crippen molar-refractivity contribution in [3.63, 3.8) is 0 Å². The lowest BCUT2D eigenvalue weighted by molar-refractivity contribution is -0.453. The lowest BCUT2D eigenvalue weighted by Crippen LogP contribution is -2.34. The van der Waals surface area contributed by atoms with E-state index >= 15 is 0 Å². The minimum Gasteiger partial charge on any atom is -0.429 e. The fraction of sp³-hybridized carbons (Fsp3) is 0.600. The van der Waals surface area contributed by atoms with Crippen LogP contribution in [0.2, 0.25) is 0 Å². The Morgan fingerprint density at radius 3 is 2.31 bits per heavy atom. The van der Waals surface area contributed by atoms with Gasteiger partial charge < -0.3 is 4.74 Å². The molecule has 0 bridgehead atoms. The number of carbonyl (C=O) groups excluding carboxylic acids is 2. The topological polar surface area (TPSA) is 71.1 Å². The molecule has 0 aromatic heterocycles. The van der Waals surface area contributed by atoms with Gasteiger partial charge in [0, 0.05) is 0 Å². The fourth-order valence-corrected chi connectivity index (χ4v) is 3.63. The van der Waals surface area contributed by atoms with Crippen LogP contribution in [-0.4, -0.2) is 18.2 Å². The largest absolute Gasteiger partial charge is 0.543 e. The average Bonchev–Trinajstić information content (AvgIpc) is 2.52. The Balaban J connectivity index is 1.74. The van der Waals surface area contributed by atoms with Gasteiger partial charge in [0.1, 0.15) is 6.10 Å². The highest BCUT2D eigenvalue weighted by Crippen LogP contribution is 2.39. The smallest absolute Gasteiger partial charge is 0.429 e. The van der Waals surface area contributed by atoms with Crippen molar-refractivity contribution < 1.29 is 29.1 Å². The summed E-state index contributed by atoms with van der Waals surface area (Å²) in [5, 5.41) is 4.29. The van der Waals surface area contributed by atoms with Gasteiger partial charge in [0.15, 0.2) is 0 Å². The molecule has 1 aromatic carbocycles. The van der Waals surface area contributed by atoms with Crippen LogP contribution in [0.15, 0.2) is 24.3 Å². The molecule has 0 saturated heterocycles. The van der Waals surface area contributed by atoms with E-state index in [0.717, 1.165) is 24.8 Å². The molecule has 1 fully saturated rings. The third kappa shape index (κ3) is 6.02. The van der Waals surface area contributed by atoms with Crippen LogP contribution < -0.4 is 0 Å². The predicted molar refractivity (Wildman–Crippen MR) is 95.2 cm³/mol. The lowest BCUT2D eigenvalue weighted by Gasteiger charge is -2.37. The number of benzene rings is 1. The molecule has 0 heterocycles. The number of carbonyl (C=O) groups is 2. The van der Waals surface area contributed by atoms with Crippen molar-refractivity contribution in [2.24, 2.45) is 11.3 Å². The van der Waals surface area contributed by atoms with Crippen molar-refractivity contribution in [1.29, 1.82) is 0 Å². The molecule has 2 atom stereocenters. The van der Waals surface area contributed by atoms with E-state index in [2.05, 4.69) is 49.4 Å². The molecule has 2 unspecified atom stereocenters. The Kier molecular flexibility index (Phi) is 6.64. The van der Waals surface area contributed by atoms with Gasteiger partial charge >= 0.3 is 12.1 Å². The maximum atomic E-state index is 11.8. The quantitative estimate of drug-likeness (QED) is 0.407. The minimum absolute atomic E-state index is 0.109. The van der Waals surface area contributed by atoms with E-state index in [0.29, 0.717) is 17.4 Å². The zero-order chi connectivity index (χ0) is 19.3. The molecule has 0 amide bonds. The SMILES string of the molecule is CC1CC(OC(=O)OOOC(=O)c2ccc(C(C)C)cc2)CC(C)(C)C1. The second-order valence-corrected chi connectivity index (χ2v) is 8.20. The minimum atomic E-state index is -1.01. The van der Waals surface area contributed by atoms with Gasteiger partial charge in [-0.25, -0.2) is 14.5 Å². The summed E-state index contributed by atoms with van der Waals surface area (Å²) in [4.78, 5) is 32.4. The number of rotatable bonds is 5. The Labute approximate surface area is 154 Å². The van der Waals surface area contributed by atoms with Gasteiger partial charge in [-0.05, 0) is 54.2 Å². The predicted octanol–water partition coefficient (Wildman–Crippen LogP) is 5.18. The molecule has 6 nitrogen and oxygen atoms in total. The monoisotopic (exact) mass is 364 g/mol. The molecule has 0 radical (unpaired) electrons. The van der Waals surface area contributed by atoms with E-state index < -0.39 is 12.1 Å². The average molecular weight is 364 g/mol. The zero-order valence-electron chi connectivity index (χ0n) is 16.1. The Hall–Kier alpha value is -2.08. The summed E-state index contributed by atoms with van der Waals surface area (Å²) >= 11 is 0. The standard InChI is InChI=1S/C20H28O6/c1-13(2)15-6-8-16(9-7-15)18(21)24-26-25-19(22)23-17-10-14(3)11-20(4,5)12-17/h6-9,13-14,17H,10-12H2,1-5H3. The van der Waals surface area contributed by atoms with Crippen molar-refractivity contribution >= 4 is 12.1 Å². The molecule has 0 spiro atoms. The van der Waals surface area contributed by atoms with Gasteiger partial charge in [0.25, 0.3) is 0 Å². The normalized spacial score (nSPS) is 21.9. The van der Waals surface area contributed by atoms with Crippen LogP contribution in [0.4, 0.5) is 4.79 Å². The highest BCUT2D eigenvalue weighted by atomic mass is 17.5. The van der Waals surface area contributed by atoms with Crippen LogP contribution in [0.3, 0.4) is 0 Å². The van der Waals surface area contributed by atoms with E-state index in [-0.39, 0.29) is 11.5 Å². The van der Waals surface area contributed by atoms with Crippen molar-refractivity contribution in [3.8, 4) is 0 Å². The van der Waals surface area contributed by atoms with E-state index in [1.54, 1.807) is 12.1 Å². The van der Waals surface area contributed by atoms with Gasteiger partial charge in [0.05, 0.1) is 10.6 Å². The van der Waals surface area contributed by atoms with Crippen molar-refractivity contribution in [2.45, 2.75) is 65.9 Å². The van der Waals surface area contributed by atoms with E-state index in [1.165, 1.54) is 0 Å². The van der Waals surface area contributed by atoms with Gasteiger partial charge in [0.2, 0.25) is 0 Å². The van der Waals surface area contributed by atoms with Gasteiger partial charge in [-0.1, -0.05) is 46.8 Å². The third-order valence-corrected chi connectivity index (χ3v) is 4.63. The van der Waals surface area contributed by atoms with Crippen LogP contribution in [0.1, 0.15) is 75.7 Å². The first-order valence-corrected chi connectivity index (χ1v) is 9.02. The summed E-state index contributed by atoms with van der Waals surface area (Å²) < 4.78 is 5.25. The van der Waals surface area contributed by atoms with Crippen LogP contribution >= 0.6 is 0 Å². The summed E-state index contributed by atoms with van der Waals surface area (Å²) in [7, 11) is 0. The maximum absolute atomic E-state index is 11.8. The fourth-order valence-electron chi connectivity index (χ4n) is 3.63. The molecular weight excluding hydrogens is 336 g/mol. The van der Waals surface area contributed by atoms with Crippen LogP contribution in [-0.2, 0) is 19.6 Å². The summed E-state index contributed by atoms with van der Waals surface area (Å²) in [6.45, 7) is 10.5. The first kappa shape index (κ1) is 20.2. The summed E-state index contributed by atoms with van der Waals surface area (Å²) in [5.41, 5.74) is 1.51. The molecule has 6 heteroatoms. The second kappa shape index (κ2) is 8.54. The zero-order valence-corrected chi connectivity index (χ0v) is 16.1. The van der Waals surface area contributed by atoms with E-state index in [4.69, 9.17) is 4.74 Å². The number of hydrogen-bond donors (Lipinski definition) is 0. The van der Waals surface area contributed by atoms with Crippen LogP contribution in [0, 0.1) is 11.3 Å². The summed E-state index contributed by atoms with van der Waals surface area (Å²) in [6, 6.07) is 6.93. The lowest BCUT2D eigenvalue weighted by atomic mass is 9.71. The van der Waals surface area contributed by atoms with Gasteiger partial charge in [-0.15, -0.1) is 0 Å².